The molecule has 0 aliphatic rings. The lowest BCUT2D eigenvalue weighted by Crippen LogP contribution is -2.51. The van der Waals surface area contributed by atoms with Crippen LogP contribution in [0, 0.1) is 10.1 Å². The number of carbonyl (C=O) groups excluding carboxylic acids is 2. The number of nitro benzene ring substituents is 1. The van der Waals surface area contributed by atoms with Crippen molar-refractivity contribution in [1.82, 2.24) is 10.2 Å². The first-order valence-corrected chi connectivity index (χ1v) is 11.4. The zero-order valence-corrected chi connectivity index (χ0v) is 20.5. The van der Waals surface area contributed by atoms with E-state index in [1.807, 2.05) is 20.8 Å². The van der Waals surface area contributed by atoms with E-state index >= 15 is 0 Å². The molecule has 9 nitrogen and oxygen atoms in total. The third-order valence-electron chi connectivity index (χ3n) is 5.36. The summed E-state index contributed by atoms with van der Waals surface area (Å²) in [5.41, 5.74) is 0.600. The number of hydrogen-bond donors (Lipinski definition) is 1. The van der Waals surface area contributed by atoms with Crippen LogP contribution in [-0.4, -0.2) is 47.4 Å². The van der Waals surface area contributed by atoms with Gasteiger partial charge < -0.3 is 19.7 Å². The number of nitro groups is 1. The Hall–Kier alpha value is -3.33. The molecule has 1 N–H and O–H groups in total. The monoisotopic (exact) mass is 491 g/mol. The summed E-state index contributed by atoms with van der Waals surface area (Å²) < 4.78 is 10.7. The molecule has 34 heavy (non-hydrogen) atoms. The highest BCUT2D eigenvalue weighted by atomic mass is 35.5. The van der Waals surface area contributed by atoms with E-state index in [0.29, 0.717) is 11.4 Å². The van der Waals surface area contributed by atoms with Crippen LogP contribution in [-0.2, 0) is 16.1 Å². The lowest BCUT2D eigenvalue weighted by Gasteiger charge is -2.31. The number of benzene rings is 2. The summed E-state index contributed by atoms with van der Waals surface area (Å²) in [5.74, 6) is -0.388. The Kier molecular flexibility index (Phi) is 10.1. The van der Waals surface area contributed by atoms with E-state index in [4.69, 9.17) is 21.1 Å². The van der Waals surface area contributed by atoms with Crippen molar-refractivity contribution in [1.29, 1.82) is 0 Å². The maximum Gasteiger partial charge on any atom is 0.311 e. The lowest BCUT2D eigenvalue weighted by molar-refractivity contribution is -0.385. The molecule has 0 spiro atoms. The van der Waals surface area contributed by atoms with Gasteiger partial charge in [-0.2, -0.15) is 0 Å². The second-order valence-electron chi connectivity index (χ2n) is 7.77. The van der Waals surface area contributed by atoms with Crippen molar-refractivity contribution >= 4 is 29.1 Å². The maximum absolute atomic E-state index is 13.2. The minimum Gasteiger partial charge on any atom is -0.490 e. The maximum atomic E-state index is 13.2. The van der Waals surface area contributed by atoms with Gasteiger partial charge in [0.25, 0.3) is 5.91 Å². The number of nitrogens with zero attached hydrogens (tertiary/aromatic N) is 2. The van der Waals surface area contributed by atoms with Crippen LogP contribution in [0.5, 0.6) is 11.5 Å². The van der Waals surface area contributed by atoms with Gasteiger partial charge in [0.15, 0.2) is 6.61 Å². The first-order valence-electron chi connectivity index (χ1n) is 11.0. The van der Waals surface area contributed by atoms with Gasteiger partial charge >= 0.3 is 5.69 Å². The Morgan fingerprint density at radius 1 is 1.15 bits per heavy atom. The number of amides is 2. The first-order chi connectivity index (χ1) is 16.2. The molecule has 2 amide bonds. The van der Waals surface area contributed by atoms with Gasteiger partial charge in [0.1, 0.15) is 11.8 Å². The van der Waals surface area contributed by atoms with Crippen molar-refractivity contribution in [3.63, 3.8) is 0 Å². The summed E-state index contributed by atoms with van der Waals surface area (Å²) in [6, 6.07) is 10.3. The Labute approximate surface area is 204 Å². The average molecular weight is 492 g/mol. The fraction of sp³-hybridized carbons (Fsp3) is 0.417. The first kappa shape index (κ1) is 26.9. The quantitative estimate of drug-likeness (QED) is 0.349. The summed E-state index contributed by atoms with van der Waals surface area (Å²) in [6.45, 7) is 5.54. The summed E-state index contributed by atoms with van der Waals surface area (Å²) in [5, 5.41) is 14.6. The summed E-state index contributed by atoms with van der Waals surface area (Å²) in [4.78, 5) is 38.2. The van der Waals surface area contributed by atoms with Crippen molar-refractivity contribution in [2.24, 2.45) is 0 Å². The van der Waals surface area contributed by atoms with Gasteiger partial charge in [-0.15, -0.1) is 0 Å². The number of rotatable bonds is 12. The predicted molar refractivity (Wildman–Crippen MR) is 129 cm³/mol. The number of halogens is 1. The van der Waals surface area contributed by atoms with Crippen molar-refractivity contribution in [3.8, 4) is 11.5 Å². The smallest absolute Gasteiger partial charge is 0.311 e. The zero-order valence-electron chi connectivity index (χ0n) is 19.7. The Morgan fingerprint density at radius 3 is 2.38 bits per heavy atom. The summed E-state index contributed by atoms with van der Waals surface area (Å²) >= 11 is 5.98. The standard InChI is InChI=1S/C24H30ClN3O6/c1-5-16(3)26-24(30)20(6-2)27(14-17-7-9-18(25)10-8-17)23(29)15-34-19-11-12-21(28(31)32)22(13-19)33-4/h7-13,16,20H,5-6,14-15H2,1-4H3,(H,26,30)/t16-,20-/m0/s1. The van der Waals surface area contributed by atoms with Crippen molar-refractivity contribution in [3.05, 3.63) is 63.2 Å². The molecule has 2 aromatic carbocycles. The van der Waals surface area contributed by atoms with Gasteiger partial charge in [0.05, 0.1) is 12.0 Å². The van der Waals surface area contributed by atoms with Gasteiger partial charge in [0.2, 0.25) is 11.7 Å². The molecule has 10 heteroatoms. The fourth-order valence-electron chi connectivity index (χ4n) is 3.27. The highest BCUT2D eigenvalue weighted by molar-refractivity contribution is 6.30. The van der Waals surface area contributed by atoms with Crippen LogP contribution in [0.25, 0.3) is 0 Å². The second kappa shape index (κ2) is 12.8. The molecule has 0 heterocycles. The molecule has 0 aromatic heterocycles. The summed E-state index contributed by atoms with van der Waals surface area (Å²) in [6.07, 6.45) is 1.17. The third kappa shape index (κ3) is 7.34. The van der Waals surface area contributed by atoms with Gasteiger partial charge in [-0.1, -0.05) is 37.6 Å². The van der Waals surface area contributed by atoms with Crippen molar-refractivity contribution in [2.75, 3.05) is 13.7 Å². The van der Waals surface area contributed by atoms with Crippen LogP contribution in [0.3, 0.4) is 0 Å². The van der Waals surface area contributed by atoms with Crippen molar-refractivity contribution in [2.45, 2.75) is 52.2 Å². The average Bonchev–Trinajstić information content (AvgIpc) is 2.83. The highest BCUT2D eigenvalue weighted by Gasteiger charge is 2.29. The van der Waals surface area contributed by atoms with Gasteiger partial charge in [-0.3, -0.25) is 19.7 Å². The van der Waals surface area contributed by atoms with E-state index in [-0.39, 0.29) is 42.3 Å². The van der Waals surface area contributed by atoms with E-state index in [1.165, 1.54) is 30.2 Å². The summed E-state index contributed by atoms with van der Waals surface area (Å²) in [7, 11) is 1.31. The topological polar surface area (TPSA) is 111 Å². The molecular formula is C24H30ClN3O6. The largest absolute Gasteiger partial charge is 0.490 e. The van der Waals surface area contributed by atoms with Crippen LogP contribution in [0.1, 0.15) is 39.2 Å². The fourth-order valence-corrected chi connectivity index (χ4v) is 3.40. The Balaban J connectivity index is 2.24. The molecule has 0 aliphatic heterocycles. The molecule has 0 fully saturated rings. The predicted octanol–water partition coefficient (Wildman–Crippen LogP) is 4.36. The van der Waals surface area contributed by atoms with E-state index < -0.39 is 16.9 Å². The SMILES string of the molecule is CC[C@H](C)NC(=O)[C@H](CC)N(Cc1ccc(Cl)cc1)C(=O)COc1ccc([N+](=O)[O-])c(OC)c1. The molecule has 184 valence electrons. The molecule has 2 aromatic rings. The number of methoxy groups -OCH3 is 1. The number of hydrogen-bond acceptors (Lipinski definition) is 6. The normalized spacial score (nSPS) is 12.4. The molecule has 0 unspecified atom stereocenters. The van der Waals surface area contributed by atoms with Gasteiger partial charge in [0, 0.05) is 29.7 Å². The van der Waals surface area contributed by atoms with Gasteiger partial charge in [-0.25, -0.2) is 0 Å². The van der Waals surface area contributed by atoms with Crippen LogP contribution in [0.2, 0.25) is 5.02 Å². The van der Waals surface area contributed by atoms with Crippen LogP contribution in [0.15, 0.2) is 42.5 Å². The van der Waals surface area contributed by atoms with E-state index in [2.05, 4.69) is 5.32 Å². The Bertz CT molecular complexity index is 999. The molecule has 0 aliphatic carbocycles. The zero-order chi connectivity index (χ0) is 25.3. The highest BCUT2D eigenvalue weighted by Crippen LogP contribution is 2.30. The minimum atomic E-state index is -0.702. The molecule has 0 bridgehead atoms. The Morgan fingerprint density at radius 2 is 1.82 bits per heavy atom. The number of carbonyl (C=O) groups is 2. The van der Waals surface area contributed by atoms with E-state index in [0.717, 1.165) is 12.0 Å². The number of ether oxygens (including phenoxy) is 2. The van der Waals surface area contributed by atoms with Crippen LogP contribution >= 0.6 is 11.6 Å². The van der Waals surface area contributed by atoms with Gasteiger partial charge in [-0.05, 0) is 43.5 Å². The molecule has 2 atom stereocenters. The van der Waals surface area contributed by atoms with Crippen LogP contribution < -0.4 is 14.8 Å². The molecule has 0 saturated heterocycles. The van der Waals surface area contributed by atoms with E-state index in [1.54, 1.807) is 24.3 Å². The number of nitrogens with one attached hydrogen (secondary N) is 1. The van der Waals surface area contributed by atoms with Crippen molar-refractivity contribution < 1.29 is 24.0 Å². The second-order valence-corrected chi connectivity index (χ2v) is 8.21. The minimum absolute atomic E-state index is 0.0207. The molecular weight excluding hydrogens is 462 g/mol. The van der Waals surface area contributed by atoms with Crippen LogP contribution in [0.4, 0.5) is 5.69 Å². The molecule has 2 rings (SSSR count). The lowest BCUT2D eigenvalue weighted by atomic mass is 10.1. The molecule has 0 saturated carbocycles. The third-order valence-corrected chi connectivity index (χ3v) is 5.62. The van der Waals surface area contributed by atoms with E-state index in [9.17, 15) is 19.7 Å². The molecule has 0 radical (unpaired) electrons.